The maximum Gasteiger partial charge on any atom is 0.387 e. The smallest absolute Gasteiger partial charge is 0.387 e. The summed E-state index contributed by atoms with van der Waals surface area (Å²) in [6.07, 6.45) is 5.61. The van der Waals surface area contributed by atoms with Gasteiger partial charge in [0, 0.05) is 62.9 Å². The highest BCUT2D eigenvalue weighted by Gasteiger charge is 2.27. The fourth-order valence-corrected chi connectivity index (χ4v) is 7.09. The van der Waals surface area contributed by atoms with E-state index in [1.165, 1.54) is 5.56 Å². The molecule has 0 aromatic heterocycles. The molecule has 0 aliphatic carbocycles. The maximum absolute atomic E-state index is 10.8. The predicted octanol–water partition coefficient (Wildman–Crippen LogP) is 6.46. The first-order valence-corrected chi connectivity index (χ1v) is 25.2. The van der Waals surface area contributed by atoms with Crippen LogP contribution in [0.4, 0.5) is 0 Å². The number of carboxylic acid groups (broad SMARTS) is 4. The molecule has 1 aliphatic heterocycles. The van der Waals surface area contributed by atoms with Crippen molar-refractivity contribution >= 4 is 59.9 Å². The van der Waals surface area contributed by atoms with Gasteiger partial charge in [0.05, 0.1) is 6.61 Å². The standard InChI is InChI=1S/2C9H17NO3.C9H16O4.C9H14O3.C8H11N.C5H7NO2.C5H10O/c3*1-6(2)3-7(4-8(10)11)5-9(12)13;1-6(2)3-7-4-8(10)12-9(11)5-7;1-7(9)8-5-3-2-4-6-8;1-3-8-5(7)4-6-2;1-5(2)3-4-6/h2*6-7H,3-5H2,1-2H3,(H2,10,11)(H,12,13);6-7H,3-5H2,1-2H3,(H,10,11)(H,12,13);6-7H,3-5H2,1-2H3;2-7H,9H2,1H3;3-4H2,1H3;4-5H,3H2,1-2H3/t7-;;;;7-;;/m0...1../s1. The van der Waals surface area contributed by atoms with Gasteiger partial charge in [-0.05, 0) is 99.2 Å². The second-order valence-electron chi connectivity index (χ2n) is 20.2. The van der Waals surface area contributed by atoms with E-state index >= 15 is 0 Å². The summed E-state index contributed by atoms with van der Waals surface area (Å²) in [6.45, 7) is 30.3. The van der Waals surface area contributed by atoms with Crippen LogP contribution in [0.3, 0.4) is 0 Å². The molecule has 1 aromatic carbocycles. The molecule has 3 atom stereocenters. The molecule has 74 heavy (non-hydrogen) atoms. The molecular weight excluding hydrogens is 961 g/mol. The second-order valence-corrected chi connectivity index (χ2v) is 20.2. The van der Waals surface area contributed by atoms with Crippen LogP contribution in [0.5, 0.6) is 0 Å². The number of aldehydes is 1. The van der Waals surface area contributed by atoms with Crippen molar-refractivity contribution in [1.82, 2.24) is 0 Å². The maximum atomic E-state index is 10.8. The lowest BCUT2D eigenvalue weighted by atomic mass is 9.90. The summed E-state index contributed by atoms with van der Waals surface area (Å²) in [7, 11) is 0. The van der Waals surface area contributed by atoms with Crippen LogP contribution >= 0.6 is 0 Å². The number of hydrogen-bond donors (Lipinski definition) is 6. The van der Waals surface area contributed by atoms with Crippen LogP contribution in [-0.2, 0) is 57.4 Å². The summed E-state index contributed by atoms with van der Waals surface area (Å²) in [5, 5.41) is 35.9. The van der Waals surface area contributed by atoms with Gasteiger partial charge in [-0.2, -0.15) is 0 Å². The molecule has 20 nitrogen and oxygen atoms in total. The number of ether oxygens (including phenoxy) is 2. The van der Waals surface area contributed by atoms with Crippen LogP contribution < -0.4 is 22.3 Å². The quantitative estimate of drug-likeness (QED) is 0.0265. The Labute approximate surface area is 440 Å². The molecule has 10 N–H and O–H groups in total. The summed E-state index contributed by atoms with van der Waals surface area (Å²) < 4.78 is 8.85. The molecule has 0 spiro atoms. The second kappa shape index (κ2) is 47.8. The van der Waals surface area contributed by atoms with Gasteiger partial charge in [-0.3, -0.25) is 33.6 Å². The lowest BCUT2D eigenvalue weighted by Gasteiger charge is -2.20. The SMILES string of the molecule is CC(C)CC(CC(=O)O)CC(=O)O.CC(C)CC(CC(N)=O)CC(=O)O.CC(C)CC1CC(=O)OC(=O)C1.CC(C)CC=O.CC(C)C[C@@H](CC(N)=O)CC(=O)[O-].C[C@@H]([NH3+])c1ccccc1.[C-]#[N+]CC(=O)OCC. The number of primary amides is 2. The lowest BCUT2D eigenvalue weighted by molar-refractivity contribution is -0.420. The van der Waals surface area contributed by atoms with Crippen LogP contribution in [-0.4, -0.2) is 88.4 Å². The molecule has 0 radical (unpaired) electrons. The van der Waals surface area contributed by atoms with Crippen LogP contribution in [0.15, 0.2) is 30.3 Å². The van der Waals surface area contributed by atoms with E-state index in [2.05, 4.69) is 53.0 Å². The molecule has 1 unspecified atom stereocenters. The highest BCUT2D eigenvalue weighted by molar-refractivity contribution is 5.88. The number of nitrogens with zero attached hydrogens (tertiary/aromatic N) is 1. The fourth-order valence-electron chi connectivity index (χ4n) is 7.09. The van der Waals surface area contributed by atoms with Crippen molar-refractivity contribution in [2.75, 3.05) is 13.2 Å². The lowest BCUT2D eigenvalue weighted by Crippen LogP contribution is -2.51. The average Bonchev–Trinajstić information content (AvgIpc) is 3.20. The molecule has 0 saturated carbocycles. The molecule has 1 fully saturated rings. The molecule has 1 aliphatic rings. The van der Waals surface area contributed by atoms with Gasteiger partial charge in [0.1, 0.15) is 12.3 Å². The average molecular weight is 1050 g/mol. The summed E-state index contributed by atoms with van der Waals surface area (Å²) in [6, 6.07) is 10.7. The number of carbonyl (C=O) groups is 10. The van der Waals surface area contributed by atoms with Crippen LogP contribution in [0.1, 0.15) is 178 Å². The number of hydrogen-bond acceptors (Lipinski definition) is 13. The predicted molar refractivity (Wildman–Crippen MR) is 277 cm³/mol. The van der Waals surface area contributed by atoms with Crippen molar-refractivity contribution in [3.05, 3.63) is 47.3 Å². The first-order valence-electron chi connectivity index (χ1n) is 25.2. The van der Waals surface area contributed by atoms with E-state index in [1.807, 2.05) is 73.6 Å². The summed E-state index contributed by atoms with van der Waals surface area (Å²) >= 11 is 0. The van der Waals surface area contributed by atoms with Crippen molar-refractivity contribution in [3.63, 3.8) is 0 Å². The number of rotatable bonds is 25. The number of carbonyl (C=O) groups excluding carboxylic acids is 7. The molecular formula is C54H92N4O16. The first-order chi connectivity index (χ1) is 34.2. The Morgan fingerprint density at radius 1 is 0.689 bits per heavy atom. The van der Waals surface area contributed by atoms with E-state index < -0.39 is 41.7 Å². The topological polar surface area (TPSA) is 357 Å². The third kappa shape index (κ3) is 61.9. The molecule has 20 heteroatoms. The highest BCUT2D eigenvalue weighted by Crippen LogP contribution is 2.24. The Balaban J connectivity index is -0.000000253. The Hall–Kier alpha value is -6.23. The monoisotopic (exact) mass is 1050 g/mol. The van der Waals surface area contributed by atoms with E-state index in [1.54, 1.807) is 6.92 Å². The zero-order valence-electron chi connectivity index (χ0n) is 46.3. The Morgan fingerprint density at radius 3 is 1.31 bits per heavy atom. The number of carboxylic acids is 4. The minimum Gasteiger partial charge on any atom is -0.550 e. The Bertz CT molecular complexity index is 1630. The van der Waals surface area contributed by atoms with E-state index in [0.29, 0.717) is 74.3 Å². The van der Waals surface area contributed by atoms with Crippen molar-refractivity contribution in [2.45, 2.75) is 173 Å². The Kier molecular flexibility index (Phi) is 49.5. The van der Waals surface area contributed by atoms with Crippen molar-refractivity contribution in [1.29, 1.82) is 0 Å². The van der Waals surface area contributed by atoms with E-state index in [9.17, 15) is 53.1 Å². The fraction of sp³-hybridized carbons (Fsp3) is 0.685. The van der Waals surface area contributed by atoms with Crippen molar-refractivity contribution < 1.29 is 83.6 Å². The molecule has 1 saturated heterocycles. The minimum absolute atomic E-state index is 0.0289. The van der Waals surface area contributed by atoms with Gasteiger partial charge < -0.3 is 61.5 Å². The van der Waals surface area contributed by atoms with Crippen molar-refractivity contribution in [2.24, 2.45) is 64.7 Å². The van der Waals surface area contributed by atoms with Gasteiger partial charge in [0.15, 0.2) is 0 Å². The van der Waals surface area contributed by atoms with Gasteiger partial charge in [-0.15, -0.1) is 0 Å². The van der Waals surface area contributed by atoms with Crippen LogP contribution in [0.25, 0.3) is 4.85 Å². The van der Waals surface area contributed by atoms with Crippen LogP contribution in [0.2, 0.25) is 0 Å². The van der Waals surface area contributed by atoms with E-state index in [4.69, 9.17) is 33.4 Å². The Morgan fingerprint density at radius 2 is 1.07 bits per heavy atom. The molecule has 0 bridgehead atoms. The van der Waals surface area contributed by atoms with Gasteiger partial charge in [-0.1, -0.05) is 99.6 Å². The van der Waals surface area contributed by atoms with E-state index in [0.717, 1.165) is 19.1 Å². The van der Waals surface area contributed by atoms with Crippen LogP contribution in [0, 0.1) is 59.8 Å². The third-order valence-electron chi connectivity index (χ3n) is 9.63. The number of aliphatic carboxylic acids is 4. The summed E-state index contributed by atoms with van der Waals surface area (Å²) in [4.78, 5) is 107. The highest BCUT2D eigenvalue weighted by atomic mass is 16.6. The van der Waals surface area contributed by atoms with Gasteiger partial charge in [-0.25, -0.2) is 11.4 Å². The van der Waals surface area contributed by atoms with Gasteiger partial charge in [0.25, 0.3) is 0 Å². The molecule has 424 valence electrons. The first kappa shape index (κ1) is 76.7. The number of benzene rings is 1. The van der Waals surface area contributed by atoms with Gasteiger partial charge in [0.2, 0.25) is 11.8 Å². The number of amides is 2. The normalized spacial score (nSPS) is 12.8. The molecule has 2 amide bonds. The van der Waals surface area contributed by atoms with E-state index in [-0.39, 0.29) is 80.7 Å². The molecule has 1 aromatic rings. The molecule has 1 heterocycles. The zero-order chi connectivity index (χ0) is 58.5. The third-order valence-corrected chi connectivity index (χ3v) is 9.63. The number of esters is 3. The molecule has 2 rings (SSSR count). The minimum atomic E-state index is -1.12. The number of quaternary nitrogens is 1. The van der Waals surface area contributed by atoms with Gasteiger partial charge >= 0.3 is 42.4 Å². The van der Waals surface area contributed by atoms with Crippen molar-refractivity contribution in [3.8, 4) is 0 Å². The summed E-state index contributed by atoms with van der Waals surface area (Å²) in [5.41, 5.74) is 15.2. The largest absolute Gasteiger partial charge is 0.550 e. The summed E-state index contributed by atoms with van der Waals surface area (Å²) in [5.74, 6) is -4.05. The number of cyclic esters (lactones) is 2. The number of nitrogens with two attached hydrogens (primary N) is 2. The zero-order valence-corrected chi connectivity index (χ0v) is 46.3.